The minimum atomic E-state index is 0.395. The minimum Gasteiger partial charge on any atom is -0.303 e. The summed E-state index contributed by atoms with van der Waals surface area (Å²) < 4.78 is 0. The van der Waals surface area contributed by atoms with Crippen LogP contribution in [0.3, 0.4) is 0 Å². The van der Waals surface area contributed by atoms with Crippen LogP contribution in [0.4, 0.5) is 0 Å². The fourth-order valence-corrected chi connectivity index (χ4v) is 2.74. The van der Waals surface area contributed by atoms with Gasteiger partial charge in [0.15, 0.2) is 0 Å². The normalized spacial score (nSPS) is 25.2. The van der Waals surface area contributed by atoms with E-state index in [2.05, 4.69) is 18.0 Å². The van der Waals surface area contributed by atoms with Crippen LogP contribution < -0.4 is 0 Å². The monoisotopic (exact) mass is 192 g/mol. The molecule has 2 aliphatic rings. The molecule has 0 aliphatic heterocycles. The van der Waals surface area contributed by atoms with Crippen molar-refractivity contribution in [2.75, 3.05) is 13.6 Å². The van der Waals surface area contributed by atoms with Crippen LogP contribution >= 0.6 is 0 Å². The molecule has 2 heteroatoms. The average Bonchev–Trinajstić information content (AvgIpc) is 2.70. The van der Waals surface area contributed by atoms with Crippen LogP contribution in [0.1, 0.15) is 44.9 Å². The van der Waals surface area contributed by atoms with Crippen LogP contribution in [0, 0.1) is 16.7 Å². The molecule has 0 spiro atoms. The molecule has 0 atom stereocenters. The maximum Gasteiger partial charge on any atom is 0.0628 e. The number of nitrogens with zero attached hydrogens (tertiary/aromatic N) is 2. The highest BCUT2D eigenvalue weighted by molar-refractivity contribution is 5.01. The second kappa shape index (κ2) is 3.90. The fraction of sp³-hybridized carbons (Fsp3) is 0.917. The molecule has 0 aromatic carbocycles. The Hall–Kier alpha value is -0.550. The predicted molar refractivity (Wildman–Crippen MR) is 56.8 cm³/mol. The van der Waals surface area contributed by atoms with E-state index in [1.165, 1.54) is 38.5 Å². The Morgan fingerprint density at radius 2 is 2.00 bits per heavy atom. The van der Waals surface area contributed by atoms with Crippen molar-refractivity contribution in [2.45, 2.75) is 51.0 Å². The first-order chi connectivity index (χ1) is 6.76. The lowest BCUT2D eigenvalue weighted by Crippen LogP contribution is -2.34. The van der Waals surface area contributed by atoms with E-state index < -0.39 is 0 Å². The van der Waals surface area contributed by atoms with Gasteiger partial charge < -0.3 is 4.90 Å². The van der Waals surface area contributed by atoms with Crippen LogP contribution in [-0.4, -0.2) is 24.5 Å². The number of rotatable bonds is 4. The molecule has 2 saturated carbocycles. The van der Waals surface area contributed by atoms with Gasteiger partial charge >= 0.3 is 0 Å². The smallest absolute Gasteiger partial charge is 0.0628 e. The molecule has 78 valence electrons. The Balaban J connectivity index is 1.82. The summed E-state index contributed by atoms with van der Waals surface area (Å²) in [5.41, 5.74) is 0.395. The molecule has 0 saturated heterocycles. The van der Waals surface area contributed by atoms with Gasteiger partial charge in [0.05, 0.1) is 6.07 Å². The first-order valence-electron chi connectivity index (χ1n) is 5.83. The van der Waals surface area contributed by atoms with Crippen molar-refractivity contribution in [2.24, 2.45) is 5.41 Å². The highest BCUT2D eigenvalue weighted by atomic mass is 15.1. The molecule has 0 aromatic rings. The van der Waals surface area contributed by atoms with Crippen molar-refractivity contribution in [3.63, 3.8) is 0 Å². The van der Waals surface area contributed by atoms with Gasteiger partial charge in [-0.1, -0.05) is 12.8 Å². The van der Waals surface area contributed by atoms with E-state index in [0.717, 1.165) is 19.0 Å². The molecule has 0 radical (unpaired) electrons. The van der Waals surface area contributed by atoms with Gasteiger partial charge in [-0.25, -0.2) is 0 Å². The quantitative estimate of drug-likeness (QED) is 0.684. The number of nitriles is 1. The molecule has 0 bridgehead atoms. The molecule has 2 nitrogen and oxygen atoms in total. The summed E-state index contributed by atoms with van der Waals surface area (Å²) in [5, 5.41) is 8.75. The third-order valence-electron chi connectivity index (χ3n) is 3.94. The Morgan fingerprint density at radius 1 is 1.36 bits per heavy atom. The first-order valence-corrected chi connectivity index (χ1v) is 5.83. The molecule has 2 fully saturated rings. The van der Waals surface area contributed by atoms with Crippen molar-refractivity contribution in [3.8, 4) is 6.07 Å². The van der Waals surface area contributed by atoms with Crippen LogP contribution in [0.5, 0.6) is 0 Å². The minimum absolute atomic E-state index is 0.395. The molecular formula is C12H20N2. The lowest BCUT2D eigenvalue weighted by atomic mass is 10.0. The molecule has 0 aromatic heterocycles. The van der Waals surface area contributed by atoms with Crippen LogP contribution in [0.25, 0.3) is 0 Å². The van der Waals surface area contributed by atoms with E-state index in [-0.39, 0.29) is 0 Å². The summed E-state index contributed by atoms with van der Waals surface area (Å²) in [6.45, 7) is 1.16. The molecule has 2 aliphatic carbocycles. The zero-order chi connectivity index (χ0) is 10.0. The highest BCUT2D eigenvalue weighted by Crippen LogP contribution is 2.49. The lowest BCUT2D eigenvalue weighted by Gasteiger charge is -2.27. The third kappa shape index (κ3) is 2.09. The predicted octanol–water partition coefficient (Wildman–Crippen LogP) is 2.55. The topological polar surface area (TPSA) is 27.0 Å². The van der Waals surface area contributed by atoms with E-state index in [4.69, 9.17) is 5.26 Å². The van der Waals surface area contributed by atoms with E-state index in [1.54, 1.807) is 0 Å². The van der Waals surface area contributed by atoms with Crippen molar-refractivity contribution in [1.29, 1.82) is 5.26 Å². The van der Waals surface area contributed by atoms with Gasteiger partial charge in [0.25, 0.3) is 0 Å². The molecule has 0 amide bonds. The highest BCUT2D eigenvalue weighted by Gasteiger charge is 2.43. The first kappa shape index (κ1) is 9.98. The standard InChI is InChI=1S/C12H20N2/c1-14(11-4-2-3-5-11)10-12(6-7-12)8-9-13/h11H,2-8,10H2,1H3. The molecule has 14 heavy (non-hydrogen) atoms. The number of hydrogen-bond donors (Lipinski definition) is 0. The molecule has 2 rings (SSSR count). The van der Waals surface area contributed by atoms with Gasteiger partial charge in [-0.15, -0.1) is 0 Å². The summed E-state index contributed by atoms with van der Waals surface area (Å²) in [4.78, 5) is 2.51. The summed E-state index contributed by atoms with van der Waals surface area (Å²) in [6.07, 6.45) is 8.87. The Kier molecular flexibility index (Phi) is 2.78. The van der Waals surface area contributed by atoms with Crippen molar-refractivity contribution >= 4 is 0 Å². The van der Waals surface area contributed by atoms with Gasteiger partial charge in [0.1, 0.15) is 0 Å². The van der Waals surface area contributed by atoms with Crippen molar-refractivity contribution < 1.29 is 0 Å². The van der Waals surface area contributed by atoms with Gasteiger partial charge in [0.2, 0.25) is 0 Å². The SMILES string of the molecule is CN(CC1(CC#N)CC1)C1CCCC1. The molecule has 0 heterocycles. The summed E-state index contributed by atoms with van der Waals surface area (Å²) in [7, 11) is 2.24. The largest absolute Gasteiger partial charge is 0.303 e. The van der Waals surface area contributed by atoms with E-state index >= 15 is 0 Å². The van der Waals surface area contributed by atoms with Crippen LogP contribution in [0.2, 0.25) is 0 Å². The summed E-state index contributed by atoms with van der Waals surface area (Å²) >= 11 is 0. The maximum atomic E-state index is 8.75. The van der Waals surface area contributed by atoms with E-state index in [9.17, 15) is 0 Å². The zero-order valence-corrected chi connectivity index (χ0v) is 9.13. The second-order valence-corrected chi connectivity index (χ2v) is 5.19. The third-order valence-corrected chi connectivity index (χ3v) is 3.94. The Bertz CT molecular complexity index is 231. The summed E-state index contributed by atoms with van der Waals surface area (Å²) in [6, 6.07) is 3.15. The van der Waals surface area contributed by atoms with Gasteiger partial charge in [-0.2, -0.15) is 5.26 Å². The zero-order valence-electron chi connectivity index (χ0n) is 9.13. The Morgan fingerprint density at radius 3 is 2.50 bits per heavy atom. The van der Waals surface area contributed by atoms with Gasteiger partial charge in [0, 0.05) is 19.0 Å². The average molecular weight is 192 g/mol. The van der Waals surface area contributed by atoms with Crippen LogP contribution in [-0.2, 0) is 0 Å². The molecular weight excluding hydrogens is 172 g/mol. The van der Waals surface area contributed by atoms with Crippen molar-refractivity contribution in [1.82, 2.24) is 4.90 Å². The maximum absolute atomic E-state index is 8.75. The van der Waals surface area contributed by atoms with Gasteiger partial charge in [-0.05, 0) is 38.1 Å². The lowest BCUT2D eigenvalue weighted by molar-refractivity contribution is 0.199. The number of hydrogen-bond acceptors (Lipinski definition) is 2. The molecule has 0 unspecified atom stereocenters. The Labute approximate surface area is 86.9 Å². The fourth-order valence-electron chi connectivity index (χ4n) is 2.74. The van der Waals surface area contributed by atoms with E-state index in [1.807, 2.05) is 0 Å². The van der Waals surface area contributed by atoms with Gasteiger partial charge in [-0.3, -0.25) is 0 Å². The summed E-state index contributed by atoms with van der Waals surface area (Å²) in [5.74, 6) is 0. The van der Waals surface area contributed by atoms with Crippen LogP contribution in [0.15, 0.2) is 0 Å². The second-order valence-electron chi connectivity index (χ2n) is 5.19. The van der Waals surface area contributed by atoms with Crippen molar-refractivity contribution in [3.05, 3.63) is 0 Å². The van der Waals surface area contributed by atoms with E-state index in [0.29, 0.717) is 5.41 Å². The molecule has 0 N–H and O–H groups in total.